The Balaban J connectivity index is 1.82. The number of carbonyl (C=O) groups excluding carboxylic acids is 1. The van der Waals surface area contributed by atoms with Crippen molar-refractivity contribution in [1.82, 2.24) is 14.9 Å². The van der Waals surface area contributed by atoms with Crippen LogP contribution in [0.1, 0.15) is 35.4 Å². The van der Waals surface area contributed by atoms with Crippen LogP contribution in [0.4, 0.5) is 0 Å². The van der Waals surface area contributed by atoms with Crippen LogP contribution in [0.15, 0.2) is 36.8 Å². The number of hydrogen-bond donors (Lipinski definition) is 1. The lowest BCUT2D eigenvalue weighted by Gasteiger charge is -2.30. The Kier molecular flexibility index (Phi) is 3.18. The molecule has 1 aliphatic rings. The number of benzene rings is 1. The van der Waals surface area contributed by atoms with Crippen molar-refractivity contribution < 1.29 is 9.53 Å². The van der Waals surface area contributed by atoms with Crippen LogP contribution in [0.3, 0.4) is 0 Å². The van der Waals surface area contributed by atoms with Gasteiger partial charge in [-0.1, -0.05) is 18.2 Å². The SMILES string of the molecule is C[C@@H]1C[C@@H](NC(=O)c2cn(C)cn2)c2ccccc2O1. The number of nitrogens with one attached hydrogen (secondary N) is 1. The van der Waals surface area contributed by atoms with Gasteiger partial charge < -0.3 is 14.6 Å². The molecule has 0 aliphatic carbocycles. The lowest BCUT2D eigenvalue weighted by atomic mass is 9.97. The lowest BCUT2D eigenvalue weighted by Crippen LogP contribution is -2.35. The molecule has 0 spiro atoms. The van der Waals surface area contributed by atoms with Gasteiger partial charge >= 0.3 is 0 Å². The third-order valence-electron chi connectivity index (χ3n) is 3.43. The van der Waals surface area contributed by atoms with Crippen molar-refractivity contribution in [2.75, 3.05) is 0 Å². The Morgan fingerprint density at radius 1 is 1.45 bits per heavy atom. The topological polar surface area (TPSA) is 56.2 Å². The summed E-state index contributed by atoms with van der Waals surface area (Å²) >= 11 is 0. The molecular formula is C15H17N3O2. The van der Waals surface area contributed by atoms with Crippen molar-refractivity contribution in [3.63, 3.8) is 0 Å². The minimum Gasteiger partial charge on any atom is -0.490 e. The molecule has 2 aromatic rings. The van der Waals surface area contributed by atoms with E-state index < -0.39 is 0 Å². The fourth-order valence-electron chi connectivity index (χ4n) is 2.50. The Morgan fingerprint density at radius 2 is 2.25 bits per heavy atom. The molecule has 2 atom stereocenters. The summed E-state index contributed by atoms with van der Waals surface area (Å²) in [5, 5.41) is 3.04. The Bertz CT molecular complexity index is 636. The van der Waals surface area contributed by atoms with Crippen LogP contribution in [0.25, 0.3) is 0 Å². The molecule has 0 bridgehead atoms. The first-order chi connectivity index (χ1) is 9.63. The van der Waals surface area contributed by atoms with E-state index in [1.54, 1.807) is 17.1 Å². The molecule has 0 saturated carbocycles. The summed E-state index contributed by atoms with van der Waals surface area (Å²) < 4.78 is 7.54. The molecule has 5 nitrogen and oxygen atoms in total. The van der Waals surface area contributed by atoms with Gasteiger partial charge in [0.15, 0.2) is 0 Å². The molecule has 2 heterocycles. The average molecular weight is 271 g/mol. The summed E-state index contributed by atoms with van der Waals surface area (Å²) in [4.78, 5) is 16.3. The van der Waals surface area contributed by atoms with E-state index in [0.717, 1.165) is 17.7 Å². The first-order valence-corrected chi connectivity index (χ1v) is 6.68. The molecule has 3 rings (SSSR count). The highest BCUT2D eigenvalue weighted by molar-refractivity contribution is 5.92. The van der Waals surface area contributed by atoms with Gasteiger partial charge in [-0.25, -0.2) is 4.98 Å². The van der Waals surface area contributed by atoms with Gasteiger partial charge in [0.25, 0.3) is 5.91 Å². The van der Waals surface area contributed by atoms with Gasteiger partial charge in [-0.2, -0.15) is 0 Å². The predicted octanol–water partition coefficient (Wildman–Crippen LogP) is 2.06. The summed E-state index contributed by atoms with van der Waals surface area (Å²) in [5.74, 6) is 0.692. The van der Waals surface area contributed by atoms with Crippen LogP contribution >= 0.6 is 0 Å². The monoisotopic (exact) mass is 271 g/mol. The number of aryl methyl sites for hydroxylation is 1. The zero-order chi connectivity index (χ0) is 14.1. The third kappa shape index (κ3) is 2.39. The average Bonchev–Trinajstić information content (AvgIpc) is 2.85. The number of imidazole rings is 1. The van der Waals surface area contributed by atoms with Crippen LogP contribution in [0, 0.1) is 0 Å². The van der Waals surface area contributed by atoms with Crippen molar-refractivity contribution in [1.29, 1.82) is 0 Å². The normalized spacial score (nSPS) is 20.9. The number of aromatic nitrogens is 2. The minimum atomic E-state index is -0.153. The van der Waals surface area contributed by atoms with E-state index in [9.17, 15) is 4.79 Å². The summed E-state index contributed by atoms with van der Waals surface area (Å²) in [6.45, 7) is 2.01. The highest BCUT2D eigenvalue weighted by Crippen LogP contribution is 2.34. The van der Waals surface area contributed by atoms with Crippen LogP contribution in [0.2, 0.25) is 0 Å². The smallest absolute Gasteiger partial charge is 0.271 e. The number of rotatable bonds is 2. The van der Waals surface area contributed by atoms with Gasteiger partial charge in [-0.15, -0.1) is 0 Å². The largest absolute Gasteiger partial charge is 0.490 e. The zero-order valence-electron chi connectivity index (χ0n) is 11.5. The Labute approximate surface area is 117 Å². The van der Waals surface area contributed by atoms with E-state index in [2.05, 4.69) is 10.3 Å². The number of para-hydroxylation sites is 1. The number of amides is 1. The fraction of sp³-hybridized carbons (Fsp3) is 0.333. The molecule has 104 valence electrons. The van der Waals surface area contributed by atoms with Gasteiger partial charge in [0.2, 0.25) is 0 Å². The molecule has 1 aromatic heterocycles. The van der Waals surface area contributed by atoms with Crippen molar-refractivity contribution in [2.45, 2.75) is 25.5 Å². The van der Waals surface area contributed by atoms with Gasteiger partial charge in [0.05, 0.1) is 18.5 Å². The summed E-state index contributed by atoms with van der Waals surface area (Å²) in [6.07, 6.45) is 4.17. The van der Waals surface area contributed by atoms with Gasteiger partial charge in [-0.3, -0.25) is 4.79 Å². The summed E-state index contributed by atoms with van der Waals surface area (Å²) in [7, 11) is 1.84. The predicted molar refractivity (Wildman–Crippen MR) is 74.6 cm³/mol. The van der Waals surface area contributed by atoms with E-state index in [-0.39, 0.29) is 18.1 Å². The van der Waals surface area contributed by atoms with Crippen molar-refractivity contribution >= 4 is 5.91 Å². The molecule has 0 fully saturated rings. The molecule has 1 aliphatic heterocycles. The molecular weight excluding hydrogens is 254 g/mol. The molecule has 5 heteroatoms. The second-order valence-electron chi connectivity index (χ2n) is 5.15. The lowest BCUT2D eigenvalue weighted by molar-refractivity contribution is 0.0902. The number of hydrogen-bond acceptors (Lipinski definition) is 3. The quantitative estimate of drug-likeness (QED) is 0.909. The maximum Gasteiger partial charge on any atom is 0.271 e. The van der Waals surface area contributed by atoms with E-state index in [1.807, 2.05) is 38.2 Å². The summed E-state index contributed by atoms with van der Waals surface area (Å²) in [6, 6.07) is 7.78. The molecule has 1 N–H and O–H groups in total. The first-order valence-electron chi connectivity index (χ1n) is 6.68. The first kappa shape index (κ1) is 12.7. The van der Waals surface area contributed by atoms with Crippen LogP contribution in [0.5, 0.6) is 5.75 Å². The second kappa shape index (κ2) is 5.00. The van der Waals surface area contributed by atoms with Gasteiger partial charge in [0.1, 0.15) is 11.4 Å². The highest BCUT2D eigenvalue weighted by Gasteiger charge is 2.27. The Morgan fingerprint density at radius 3 is 3.00 bits per heavy atom. The van der Waals surface area contributed by atoms with Crippen molar-refractivity contribution in [3.8, 4) is 5.75 Å². The van der Waals surface area contributed by atoms with Gasteiger partial charge in [0, 0.05) is 25.2 Å². The fourth-order valence-corrected chi connectivity index (χ4v) is 2.50. The number of carbonyl (C=O) groups is 1. The second-order valence-corrected chi connectivity index (χ2v) is 5.15. The number of nitrogens with zero attached hydrogens (tertiary/aromatic N) is 2. The molecule has 0 radical (unpaired) electrons. The number of fused-ring (bicyclic) bond motifs is 1. The van der Waals surface area contributed by atoms with Gasteiger partial charge in [-0.05, 0) is 13.0 Å². The van der Waals surface area contributed by atoms with Crippen molar-refractivity contribution in [3.05, 3.63) is 48.0 Å². The minimum absolute atomic E-state index is 0.0375. The van der Waals surface area contributed by atoms with E-state index >= 15 is 0 Å². The highest BCUT2D eigenvalue weighted by atomic mass is 16.5. The van der Waals surface area contributed by atoms with Crippen LogP contribution in [-0.4, -0.2) is 21.6 Å². The Hall–Kier alpha value is -2.30. The molecule has 0 unspecified atom stereocenters. The van der Waals surface area contributed by atoms with Crippen LogP contribution < -0.4 is 10.1 Å². The maximum atomic E-state index is 12.2. The molecule has 20 heavy (non-hydrogen) atoms. The van der Waals surface area contributed by atoms with Crippen LogP contribution in [-0.2, 0) is 7.05 Å². The molecule has 1 aromatic carbocycles. The van der Waals surface area contributed by atoms with Crippen molar-refractivity contribution in [2.24, 2.45) is 7.05 Å². The van der Waals surface area contributed by atoms with E-state index in [4.69, 9.17) is 4.74 Å². The van der Waals surface area contributed by atoms with E-state index in [0.29, 0.717) is 5.69 Å². The maximum absolute atomic E-state index is 12.2. The molecule has 1 amide bonds. The van der Waals surface area contributed by atoms with E-state index in [1.165, 1.54) is 0 Å². The standard InChI is InChI=1S/C15H17N3O2/c1-10-7-12(11-5-3-4-6-14(11)20-10)17-15(19)13-8-18(2)9-16-13/h3-6,8-10,12H,7H2,1-2H3,(H,17,19)/t10-,12-/m1/s1. The molecule has 0 saturated heterocycles. The summed E-state index contributed by atoms with van der Waals surface area (Å²) in [5.41, 5.74) is 1.46. The third-order valence-corrected chi connectivity index (χ3v) is 3.43. The number of ether oxygens (including phenoxy) is 1. The zero-order valence-corrected chi connectivity index (χ0v) is 11.5.